The highest BCUT2D eigenvalue weighted by Gasteiger charge is 2.46. The minimum absolute atomic E-state index is 0.289. The van der Waals surface area contributed by atoms with Crippen molar-refractivity contribution in [2.24, 2.45) is 0 Å². The summed E-state index contributed by atoms with van der Waals surface area (Å²) in [5.74, 6) is 0. The van der Waals surface area contributed by atoms with Crippen molar-refractivity contribution in [1.29, 1.82) is 0 Å². The summed E-state index contributed by atoms with van der Waals surface area (Å²) in [5.41, 5.74) is 2.55. The van der Waals surface area contributed by atoms with Crippen molar-refractivity contribution in [3.8, 4) is 0 Å². The van der Waals surface area contributed by atoms with Gasteiger partial charge in [-0.3, -0.25) is 0 Å². The van der Waals surface area contributed by atoms with E-state index in [9.17, 15) is 0 Å². The Morgan fingerprint density at radius 3 is 3.10 bits per heavy atom. The maximum Gasteiger partial charge on any atom is 0.159 e. The molecule has 2 heterocycles. The van der Waals surface area contributed by atoms with Crippen LogP contribution in [0.1, 0.15) is 11.7 Å². The quantitative estimate of drug-likeness (QED) is 0.542. The van der Waals surface area contributed by atoms with E-state index in [0.717, 1.165) is 0 Å². The van der Waals surface area contributed by atoms with E-state index in [0.29, 0.717) is 6.10 Å². The van der Waals surface area contributed by atoms with Crippen molar-refractivity contribution in [2.45, 2.75) is 12.3 Å². The van der Waals surface area contributed by atoms with Crippen molar-refractivity contribution >= 4 is 5.69 Å². The summed E-state index contributed by atoms with van der Waals surface area (Å²) in [7, 11) is 0. The van der Waals surface area contributed by atoms with Gasteiger partial charge < -0.3 is 10.1 Å². The molecule has 2 nitrogen and oxygen atoms in total. The lowest BCUT2D eigenvalue weighted by Crippen LogP contribution is -1.96. The lowest BCUT2D eigenvalue weighted by molar-refractivity contribution is 0.379. The number of nitrogens with one attached hydrogen (secondary N) is 1. The predicted octanol–water partition coefficient (Wildman–Crippen LogP) is 1.51. The Bertz CT molecular complexity index is 284. The predicted molar refractivity (Wildman–Crippen MR) is 37.7 cm³/mol. The van der Waals surface area contributed by atoms with E-state index >= 15 is 0 Å². The zero-order valence-corrected chi connectivity index (χ0v) is 5.37. The molecule has 50 valence electrons. The number of ether oxygens (including phenoxy) is 1. The molecule has 0 bridgehead atoms. The van der Waals surface area contributed by atoms with Crippen molar-refractivity contribution in [2.75, 3.05) is 5.32 Å². The van der Waals surface area contributed by atoms with Crippen LogP contribution < -0.4 is 5.32 Å². The summed E-state index contributed by atoms with van der Waals surface area (Å²) in [6.45, 7) is 0. The van der Waals surface area contributed by atoms with Crippen molar-refractivity contribution < 1.29 is 4.74 Å². The molecule has 1 fully saturated rings. The van der Waals surface area contributed by atoms with Crippen LogP contribution in [0.15, 0.2) is 24.3 Å². The van der Waals surface area contributed by atoms with Gasteiger partial charge in [-0.2, -0.15) is 0 Å². The molecule has 1 aromatic carbocycles. The standard InChI is InChI=1S/C8H7NO/c1-2-4-6-5(3-1)7-8(9-6)10-7/h1-4,7-9H. The second-order valence-corrected chi connectivity index (χ2v) is 2.71. The Kier molecular flexibility index (Phi) is 0.640. The summed E-state index contributed by atoms with van der Waals surface area (Å²) in [6.07, 6.45) is 0.647. The van der Waals surface area contributed by atoms with Crippen molar-refractivity contribution in [1.82, 2.24) is 0 Å². The largest absolute Gasteiger partial charge is 0.357 e. The van der Waals surface area contributed by atoms with Crippen LogP contribution in [0.5, 0.6) is 0 Å². The molecular formula is C8H7NO. The zero-order chi connectivity index (χ0) is 6.55. The van der Waals surface area contributed by atoms with Crippen LogP contribution in [0.4, 0.5) is 5.69 Å². The molecule has 1 saturated heterocycles. The SMILES string of the molecule is c1ccc2c(c1)NC1OC21. The fourth-order valence-corrected chi connectivity index (χ4v) is 1.49. The number of fused-ring (bicyclic) bond motifs is 3. The normalized spacial score (nSPS) is 32.4. The molecule has 3 rings (SSSR count). The summed E-state index contributed by atoms with van der Waals surface area (Å²) in [5, 5.41) is 3.25. The van der Waals surface area contributed by atoms with E-state index < -0.39 is 0 Å². The molecule has 2 heteroatoms. The third-order valence-corrected chi connectivity index (χ3v) is 2.06. The number of benzene rings is 1. The van der Waals surface area contributed by atoms with Crippen LogP contribution in [-0.4, -0.2) is 6.23 Å². The monoisotopic (exact) mass is 133 g/mol. The summed E-state index contributed by atoms with van der Waals surface area (Å²) in [4.78, 5) is 0. The Hall–Kier alpha value is -1.02. The van der Waals surface area contributed by atoms with Gasteiger partial charge in [0.05, 0.1) is 0 Å². The minimum Gasteiger partial charge on any atom is -0.357 e. The summed E-state index contributed by atoms with van der Waals surface area (Å²) < 4.78 is 5.27. The smallest absolute Gasteiger partial charge is 0.159 e. The van der Waals surface area contributed by atoms with Gasteiger partial charge in [0.2, 0.25) is 0 Å². The van der Waals surface area contributed by atoms with Crippen LogP contribution in [0.2, 0.25) is 0 Å². The van der Waals surface area contributed by atoms with Crippen LogP contribution in [0.25, 0.3) is 0 Å². The number of rotatable bonds is 0. The fourth-order valence-electron chi connectivity index (χ4n) is 1.49. The third-order valence-electron chi connectivity index (χ3n) is 2.06. The second-order valence-electron chi connectivity index (χ2n) is 2.71. The Balaban J connectivity index is 2.22. The average molecular weight is 133 g/mol. The lowest BCUT2D eigenvalue weighted by atomic mass is 10.2. The molecule has 2 unspecified atom stereocenters. The topological polar surface area (TPSA) is 24.6 Å². The van der Waals surface area contributed by atoms with E-state index in [1.807, 2.05) is 12.1 Å². The number of anilines is 1. The molecule has 0 aliphatic carbocycles. The van der Waals surface area contributed by atoms with Gasteiger partial charge >= 0.3 is 0 Å². The van der Waals surface area contributed by atoms with Gasteiger partial charge in [0, 0.05) is 11.3 Å². The lowest BCUT2D eigenvalue weighted by Gasteiger charge is -2.00. The number of epoxide rings is 1. The highest BCUT2D eigenvalue weighted by molar-refractivity contribution is 5.60. The Morgan fingerprint density at radius 1 is 1.30 bits per heavy atom. The summed E-state index contributed by atoms with van der Waals surface area (Å²) >= 11 is 0. The van der Waals surface area contributed by atoms with Crippen LogP contribution in [0, 0.1) is 0 Å². The minimum atomic E-state index is 0.289. The maximum atomic E-state index is 5.27. The van der Waals surface area contributed by atoms with Crippen molar-refractivity contribution in [3.63, 3.8) is 0 Å². The first-order chi connectivity index (χ1) is 4.95. The van der Waals surface area contributed by atoms with E-state index in [-0.39, 0.29) is 6.23 Å². The van der Waals surface area contributed by atoms with Crippen LogP contribution in [0.3, 0.4) is 0 Å². The molecule has 0 radical (unpaired) electrons. The fraction of sp³-hybridized carbons (Fsp3) is 0.250. The number of hydrogen-bond donors (Lipinski definition) is 1. The molecule has 2 aliphatic heterocycles. The van der Waals surface area contributed by atoms with Gasteiger partial charge in [0.15, 0.2) is 6.23 Å². The molecule has 10 heavy (non-hydrogen) atoms. The Labute approximate surface area is 58.8 Å². The number of hydrogen-bond acceptors (Lipinski definition) is 2. The molecule has 2 atom stereocenters. The first-order valence-electron chi connectivity index (χ1n) is 3.46. The molecule has 0 saturated carbocycles. The molecule has 0 spiro atoms. The first-order valence-corrected chi connectivity index (χ1v) is 3.46. The molecule has 2 aliphatic rings. The van der Waals surface area contributed by atoms with Gasteiger partial charge in [-0.15, -0.1) is 0 Å². The third kappa shape index (κ3) is 0.434. The average Bonchev–Trinajstić information content (AvgIpc) is 2.64. The van der Waals surface area contributed by atoms with Crippen LogP contribution >= 0.6 is 0 Å². The molecule has 1 aromatic rings. The van der Waals surface area contributed by atoms with Gasteiger partial charge in [-0.1, -0.05) is 18.2 Å². The van der Waals surface area contributed by atoms with Gasteiger partial charge in [-0.05, 0) is 6.07 Å². The summed E-state index contributed by atoms with van der Waals surface area (Å²) in [6, 6.07) is 8.28. The molecule has 0 aromatic heterocycles. The van der Waals surface area contributed by atoms with E-state index in [1.54, 1.807) is 0 Å². The second kappa shape index (κ2) is 1.35. The highest BCUT2D eigenvalue weighted by atomic mass is 16.6. The number of para-hydroxylation sites is 1. The van der Waals surface area contributed by atoms with E-state index in [1.165, 1.54) is 11.3 Å². The van der Waals surface area contributed by atoms with Gasteiger partial charge in [0.1, 0.15) is 6.10 Å². The van der Waals surface area contributed by atoms with Crippen LogP contribution in [-0.2, 0) is 4.74 Å². The van der Waals surface area contributed by atoms with Gasteiger partial charge in [-0.25, -0.2) is 0 Å². The highest BCUT2D eigenvalue weighted by Crippen LogP contribution is 2.48. The van der Waals surface area contributed by atoms with Gasteiger partial charge in [0.25, 0.3) is 0 Å². The Morgan fingerprint density at radius 2 is 2.20 bits per heavy atom. The van der Waals surface area contributed by atoms with E-state index in [4.69, 9.17) is 4.74 Å². The first kappa shape index (κ1) is 4.74. The molecule has 0 amide bonds. The molecular weight excluding hydrogens is 126 g/mol. The molecule has 1 N–H and O–H groups in total. The zero-order valence-electron chi connectivity index (χ0n) is 5.37. The van der Waals surface area contributed by atoms with Crippen molar-refractivity contribution in [3.05, 3.63) is 29.8 Å². The maximum absolute atomic E-state index is 5.27. The van der Waals surface area contributed by atoms with E-state index in [2.05, 4.69) is 17.4 Å².